The van der Waals surface area contributed by atoms with Crippen LogP contribution in [-0.4, -0.2) is 53.9 Å². The average molecular weight is 439 g/mol. The highest BCUT2D eigenvalue weighted by atomic mass is 16.5. The summed E-state index contributed by atoms with van der Waals surface area (Å²) in [6.07, 6.45) is 0. The highest BCUT2D eigenvalue weighted by Gasteiger charge is 2.41. The third kappa shape index (κ3) is 3.56. The molecule has 2 aromatic carbocycles. The summed E-state index contributed by atoms with van der Waals surface area (Å²) < 4.78 is 4.68. The fourth-order valence-corrected chi connectivity index (χ4v) is 4.09. The number of esters is 1. The van der Waals surface area contributed by atoms with Crippen LogP contribution in [0.3, 0.4) is 0 Å². The van der Waals surface area contributed by atoms with Crippen LogP contribution in [0.1, 0.15) is 75.5 Å². The third-order valence-electron chi connectivity index (χ3n) is 6.77. The Kier molecular flexibility index (Phi) is 5.91. The summed E-state index contributed by atoms with van der Waals surface area (Å²) in [4.78, 5) is 38.7. The molecule has 170 valence electrons. The van der Waals surface area contributed by atoms with Crippen LogP contribution in [0.5, 0.6) is 0 Å². The van der Waals surface area contributed by atoms with Gasteiger partial charge in [-0.15, -0.1) is 0 Å². The zero-order chi connectivity index (χ0) is 24.0. The number of nitrogens with zero attached hydrogens (tertiary/aromatic N) is 2. The minimum Gasteiger partial charge on any atom is -0.465 e. The van der Waals surface area contributed by atoms with E-state index in [4.69, 9.17) is 5.11 Å². The number of ether oxygens (including phenoxy) is 1. The van der Waals surface area contributed by atoms with Gasteiger partial charge in [0, 0.05) is 25.2 Å². The fourth-order valence-electron chi connectivity index (χ4n) is 4.09. The van der Waals surface area contributed by atoms with Gasteiger partial charge in [0.15, 0.2) is 0 Å². The minimum atomic E-state index is -0.392. The molecular weight excluding hydrogens is 408 g/mol. The van der Waals surface area contributed by atoms with Crippen molar-refractivity contribution in [3.63, 3.8) is 0 Å². The molecule has 0 saturated heterocycles. The number of aliphatic hydroxyl groups is 1. The molecule has 0 radical (unpaired) electrons. The zero-order valence-corrected chi connectivity index (χ0v) is 19.6. The van der Waals surface area contributed by atoms with Crippen molar-refractivity contribution in [2.75, 3.05) is 21.2 Å². The van der Waals surface area contributed by atoms with E-state index in [1.54, 1.807) is 54.2 Å². The lowest BCUT2D eigenvalue weighted by atomic mass is 9.92. The predicted molar refractivity (Wildman–Crippen MR) is 120 cm³/mol. The number of methoxy groups -OCH3 is 1. The van der Waals surface area contributed by atoms with Gasteiger partial charge < -0.3 is 19.6 Å². The van der Waals surface area contributed by atoms with E-state index in [9.17, 15) is 14.4 Å². The first-order chi connectivity index (χ1) is 14.9. The topological polar surface area (TPSA) is 87.2 Å². The van der Waals surface area contributed by atoms with Crippen LogP contribution in [-0.2, 0) is 22.4 Å². The van der Waals surface area contributed by atoms with Gasteiger partial charge in [0.05, 0.1) is 30.4 Å². The molecule has 0 aromatic heterocycles. The van der Waals surface area contributed by atoms with Gasteiger partial charge in [-0.25, -0.2) is 4.79 Å². The molecule has 2 aliphatic heterocycles. The Hall–Kier alpha value is -3.19. The smallest absolute Gasteiger partial charge is 0.337 e. The van der Waals surface area contributed by atoms with E-state index in [-0.39, 0.29) is 29.9 Å². The van der Waals surface area contributed by atoms with Gasteiger partial charge in [-0.3, -0.25) is 9.59 Å². The molecular formula is C25H30N2O5. The quantitative estimate of drug-likeness (QED) is 0.727. The van der Waals surface area contributed by atoms with Crippen molar-refractivity contribution in [2.45, 2.75) is 45.4 Å². The second-order valence-corrected chi connectivity index (χ2v) is 9.14. The van der Waals surface area contributed by atoms with Gasteiger partial charge in [-0.05, 0) is 68.7 Å². The Morgan fingerprint density at radius 2 is 1.34 bits per heavy atom. The lowest BCUT2D eigenvalue weighted by Crippen LogP contribution is -2.35. The average Bonchev–Trinajstić information content (AvgIpc) is 3.07. The Labute approximate surface area is 188 Å². The molecule has 0 fully saturated rings. The summed E-state index contributed by atoms with van der Waals surface area (Å²) in [5.74, 6) is -0.341. The van der Waals surface area contributed by atoms with Crippen molar-refractivity contribution in [3.05, 3.63) is 69.8 Å². The summed E-state index contributed by atoms with van der Waals surface area (Å²) in [7, 11) is 4.92. The molecule has 2 amide bonds. The maximum atomic E-state index is 12.0. The number of aliphatic hydroxyl groups excluding tert-OH is 1. The Balaban J connectivity index is 0.000000182. The Bertz CT molecular complexity index is 1100. The normalized spacial score (nSPS) is 17.5. The van der Waals surface area contributed by atoms with Gasteiger partial charge in [0.2, 0.25) is 0 Å². The SMILES string of the molecule is CN1C(=O)c2ccc(CO)cc2C1(C)C.COC(=O)c1ccc2c(c1)C(C)(C)N(C)C2=O. The fraction of sp³-hybridized carbons (Fsp3) is 0.400. The maximum Gasteiger partial charge on any atom is 0.337 e. The summed E-state index contributed by atoms with van der Waals surface area (Å²) >= 11 is 0. The number of amides is 2. The van der Waals surface area contributed by atoms with Crippen LogP contribution in [0.2, 0.25) is 0 Å². The van der Waals surface area contributed by atoms with Gasteiger partial charge in [-0.1, -0.05) is 12.1 Å². The summed E-state index contributed by atoms with van der Waals surface area (Å²) in [6, 6.07) is 10.6. The number of benzene rings is 2. The second-order valence-electron chi connectivity index (χ2n) is 9.14. The molecule has 0 atom stereocenters. The second kappa shape index (κ2) is 8.06. The summed E-state index contributed by atoms with van der Waals surface area (Å²) in [6.45, 7) is 7.95. The van der Waals surface area contributed by atoms with Gasteiger partial charge in [-0.2, -0.15) is 0 Å². The highest BCUT2D eigenvalue weighted by Crippen LogP contribution is 2.38. The number of rotatable bonds is 2. The largest absolute Gasteiger partial charge is 0.465 e. The van der Waals surface area contributed by atoms with E-state index in [1.807, 2.05) is 33.8 Å². The Morgan fingerprint density at radius 3 is 1.81 bits per heavy atom. The standard InChI is InChI=1S/C13H15NO3.C12H15NO2/c1-13(2)10-7-8(12(16)17-4)5-6-9(10)11(15)14(13)3;1-12(2)10-6-8(7-14)4-5-9(10)11(15)13(12)3/h5-7H,1-4H3;4-6,14H,7H2,1-3H3. The molecule has 7 nitrogen and oxygen atoms in total. The summed E-state index contributed by atoms with van der Waals surface area (Å²) in [5, 5.41) is 9.07. The molecule has 2 aliphatic rings. The Morgan fingerprint density at radius 1 is 0.875 bits per heavy atom. The van der Waals surface area contributed by atoms with Crippen molar-refractivity contribution in [2.24, 2.45) is 0 Å². The first-order valence-electron chi connectivity index (χ1n) is 10.4. The zero-order valence-electron chi connectivity index (χ0n) is 19.6. The first-order valence-corrected chi connectivity index (χ1v) is 10.4. The lowest BCUT2D eigenvalue weighted by Gasteiger charge is -2.28. The van der Waals surface area contributed by atoms with Crippen molar-refractivity contribution in [1.82, 2.24) is 9.80 Å². The van der Waals surface area contributed by atoms with Crippen LogP contribution in [0, 0.1) is 0 Å². The molecule has 2 aromatic rings. The molecule has 0 aliphatic carbocycles. The predicted octanol–water partition coefficient (Wildman–Crippen LogP) is 3.29. The number of hydrogen-bond acceptors (Lipinski definition) is 5. The number of hydrogen-bond donors (Lipinski definition) is 1. The molecule has 4 rings (SSSR count). The maximum absolute atomic E-state index is 12.0. The lowest BCUT2D eigenvalue weighted by molar-refractivity contribution is 0.0599. The van der Waals surface area contributed by atoms with E-state index in [2.05, 4.69) is 4.74 Å². The molecule has 0 bridgehead atoms. The minimum absolute atomic E-state index is 0.0126. The van der Waals surface area contributed by atoms with Crippen molar-refractivity contribution < 1.29 is 24.2 Å². The molecule has 0 saturated carbocycles. The molecule has 32 heavy (non-hydrogen) atoms. The third-order valence-corrected chi connectivity index (χ3v) is 6.77. The van der Waals surface area contributed by atoms with Crippen LogP contribution in [0.15, 0.2) is 36.4 Å². The van der Waals surface area contributed by atoms with E-state index < -0.39 is 5.54 Å². The van der Waals surface area contributed by atoms with Crippen LogP contribution in [0.4, 0.5) is 0 Å². The van der Waals surface area contributed by atoms with E-state index in [1.165, 1.54) is 7.11 Å². The van der Waals surface area contributed by atoms with Crippen molar-refractivity contribution in [1.29, 1.82) is 0 Å². The van der Waals surface area contributed by atoms with Crippen LogP contribution >= 0.6 is 0 Å². The van der Waals surface area contributed by atoms with Gasteiger partial charge in [0.25, 0.3) is 11.8 Å². The number of fused-ring (bicyclic) bond motifs is 2. The summed E-state index contributed by atoms with van der Waals surface area (Å²) in [5.41, 5.74) is 3.93. The van der Waals surface area contributed by atoms with E-state index in [0.29, 0.717) is 11.1 Å². The monoisotopic (exact) mass is 438 g/mol. The van der Waals surface area contributed by atoms with Gasteiger partial charge >= 0.3 is 5.97 Å². The molecule has 0 spiro atoms. The van der Waals surface area contributed by atoms with Crippen LogP contribution < -0.4 is 0 Å². The molecule has 2 heterocycles. The van der Waals surface area contributed by atoms with Crippen molar-refractivity contribution >= 4 is 17.8 Å². The number of carbonyl (C=O) groups is 3. The van der Waals surface area contributed by atoms with Gasteiger partial charge in [0.1, 0.15) is 0 Å². The highest BCUT2D eigenvalue weighted by molar-refractivity contribution is 6.01. The molecule has 7 heteroatoms. The van der Waals surface area contributed by atoms with Crippen molar-refractivity contribution in [3.8, 4) is 0 Å². The van der Waals surface area contributed by atoms with E-state index in [0.717, 1.165) is 22.3 Å². The first kappa shape index (κ1) is 23.5. The van der Waals surface area contributed by atoms with Crippen LogP contribution in [0.25, 0.3) is 0 Å². The number of carbonyl (C=O) groups excluding carboxylic acids is 3. The molecule has 0 unspecified atom stereocenters. The van der Waals surface area contributed by atoms with E-state index >= 15 is 0 Å². The molecule has 1 N–H and O–H groups in total.